The zero-order chi connectivity index (χ0) is 19.7. The molecule has 146 valence electrons. The minimum Gasteiger partial charge on any atom is -0.493 e. The van der Waals surface area contributed by atoms with Gasteiger partial charge in [0.25, 0.3) is 0 Å². The molecule has 1 aliphatic rings. The lowest BCUT2D eigenvalue weighted by Crippen LogP contribution is -3.12. The molecule has 0 bridgehead atoms. The molecule has 28 heavy (non-hydrogen) atoms. The van der Waals surface area contributed by atoms with Crippen LogP contribution in [0.5, 0.6) is 11.5 Å². The van der Waals surface area contributed by atoms with Crippen LogP contribution in [-0.2, 0) is 0 Å². The van der Waals surface area contributed by atoms with Crippen molar-refractivity contribution in [1.29, 1.82) is 0 Å². The SMILES string of the molecule is COc1ccc(-c2cc(=[N+]3CC[NH+](C)CC3)c3cc(C)ccc3o2)cc1OC. The van der Waals surface area contributed by atoms with Gasteiger partial charge in [-0.15, -0.1) is 0 Å². The van der Waals surface area contributed by atoms with Crippen LogP contribution < -0.4 is 24.3 Å². The van der Waals surface area contributed by atoms with Crippen LogP contribution in [0.4, 0.5) is 0 Å². The summed E-state index contributed by atoms with van der Waals surface area (Å²) in [4.78, 5) is 1.58. The molecule has 1 N–H and O–H groups in total. The van der Waals surface area contributed by atoms with Gasteiger partial charge in [-0.05, 0) is 37.3 Å². The zero-order valence-electron chi connectivity index (χ0n) is 17.0. The molecular formula is C23H28N2O3+2. The highest BCUT2D eigenvalue weighted by atomic mass is 16.5. The number of ether oxygens (including phenoxy) is 2. The molecule has 1 saturated heterocycles. The summed E-state index contributed by atoms with van der Waals surface area (Å²) < 4.78 is 19.6. The third-order valence-corrected chi connectivity index (χ3v) is 5.52. The van der Waals surface area contributed by atoms with Gasteiger partial charge in [0.1, 0.15) is 24.4 Å². The van der Waals surface area contributed by atoms with Crippen LogP contribution in [0.15, 0.2) is 46.9 Å². The second-order valence-electron chi connectivity index (χ2n) is 7.51. The normalized spacial score (nSPS) is 17.0. The summed E-state index contributed by atoms with van der Waals surface area (Å²) in [7, 11) is 5.56. The first-order valence-corrected chi connectivity index (χ1v) is 9.75. The number of aryl methyl sites for hydroxylation is 1. The number of hydrogen-bond donors (Lipinski definition) is 1. The van der Waals surface area contributed by atoms with E-state index >= 15 is 0 Å². The van der Waals surface area contributed by atoms with Gasteiger partial charge in [-0.1, -0.05) is 11.6 Å². The Hall–Kier alpha value is -2.79. The Labute approximate surface area is 165 Å². The van der Waals surface area contributed by atoms with Gasteiger partial charge < -0.3 is 18.8 Å². The first-order valence-electron chi connectivity index (χ1n) is 9.75. The minimum atomic E-state index is 0.698. The van der Waals surface area contributed by atoms with Gasteiger partial charge in [0.05, 0.1) is 32.7 Å². The van der Waals surface area contributed by atoms with Crippen molar-refractivity contribution in [3.8, 4) is 22.8 Å². The molecular weight excluding hydrogens is 352 g/mol. The molecule has 0 saturated carbocycles. The molecule has 2 heterocycles. The largest absolute Gasteiger partial charge is 0.493 e. The summed E-state index contributed by atoms with van der Waals surface area (Å²) in [6, 6.07) is 14.5. The van der Waals surface area contributed by atoms with E-state index in [1.54, 1.807) is 19.1 Å². The van der Waals surface area contributed by atoms with E-state index in [2.05, 4.69) is 42.8 Å². The molecule has 3 aromatic rings. The van der Waals surface area contributed by atoms with Gasteiger partial charge in [-0.2, -0.15) is 0 Å². The second kappa shape index (κ2) is 7.68. The lowest BCUT2D eigenvalue weighted by molar-refractivity contribution is -0.882. The Morgan fingerprint density at radius 2 is 1.68 bits per heavy atom. The Bertz CT molecular complexity index is 1070. The first-order chi connectivity index (χ1) is 13.6. The number of benzene rings is 2. The van der Waals surface area contributed by atoms with Gasteiger partial charge >= 0.3 is 0 Å². The van der Waals surface area contributed by atoms with Crippen LogP contribution >= 0.6 is 0 Å². The number of quaternary nitrogens is 1. The molecule has 2 aromatic carbocycles. The van der Waals surface area contributed by atoms with Gasteiger partial charge in [0, 0.05) is 5.56 Å². The maximum atomic E-state index is 6.30. The summed E-state index contributed by atoms with van der Waals surface area (Å²) in [5.41, 5.74) is 3.11. The lowest BCUT2D eigenvalue weighted by atomic mass is 10.1. The summed E-state index contributed by atoms with van der Waals surface area (Å²) in [5, 5.41) is 2.41. The molecule has 0 amide bonds. The minimum absolute atomic E-state index is 0.698. The van der Waals surface area contributed by atoms with Crippen molar-refractivity contribution < 1.29 is 18.8 Å². The molecule has 0 spiro atoms. The molecule has 5 heteroatoms. The fourth-order valence-electron chi connectivity index (χ4n) is 3.81. The number of hydrogen-bond acceptors (Lipinski definition) is 3. The molecule has 4 rings (SSSR count). The monoisotopic (exact) mass is 380 g/mol. The van der Waals surface area contributed by atoms with E-state index in [-0.39, 0.29) is 0 Å². The van der Waals surface area contributed by atoms with Crippen molar-refractivity contribution in [2.24, 2.45) is 0 Å². The van der Waals surface area contributed by atoms with Gasteiger partial charge in [0.2, 0.25) is 5.36 Å². The van der Waals surface area contributed by atoms with Crippen LogP contribution in [0, 0.1) is 6.92 Å². The molecule has 0 radical (unpaired) electrons. The van der Waals surface area contributed by atoms with Crippen molar-refractivity contribution in [2.75, 3.05) is 47.4 Å². The summed E-state index contributed by atoms with van der Waals surface area (Å²) in [6.45, 7) is 6.50. The van der Waals surface area contributed by atoms with Gasteiger partial charge in [0.15, 0.2) is 24.6 Å². The van der Waals surface area contributed by atoms with Crippen LogP contribution in [0.25, 0.3) is 22.3 Å². The van der Waals surface area contributed by atoms with E-state index in [1.807, 2.05) is 18.2 Å². The fraction of sp³-hybridized carbons (Fsp3) is 0.348. The first kappa shape index (κ1) is 18.6. The van der Waals surface area contributed by atoms with Crippen molar-refractivity contribution in [1.82, 2.24) is 4.58 Å². The highest BCUT2D eigenvalue weighted by Gasteiger charge is 2.21. The highest BCUT2D eigenvalue weighted by molar-refractivity contribution is 5.79. The molecule has 1 fully saturated rings. The summed E-state index contributed by atoms with van der Waals surface area (Å²) in [6.07, 6.45) is 0. The Balaban J connectivity index is 1.94. The number of nitrogens with one attached hydrogen (secondary N) is 1. The Morgan fingerprint density at radius 1 is 0.929 bits per heavy atom. The highest BCUT2D eigenvalue weighted by Crippen LogP contribution is 2.32. The second-order valence-corrected chi connectivity index (χ2v) is 7.51. The molecule has 0 unspecified atom stereocenters. The van der Waals surface area contributed by atoms with Gasteiger partial charge in [-0.25, -0.2) is 4.58 Å². The maximum Gasteiger partial charge on any atom is 0.215 e. The lowest BCUT2D eigenvalue weighted by Gasteiger charge is -2.18. The van der Waals surface area contributed by atoms with E-state index in [0.717, 1.165) is 43.1 Å². The zero-order valence-corrected chi connectivity index (χ0v) is 17.0. The van der Waals surface area contributed by atoms with Crippen LogP contribution in [0.2, 0.25) is 0 Å². The van der Waals surface area contributed by atoms with E-state index in [4.69, 9.17) is 13.9 Å². The van der Waals surface area contributed by atoms with E-state index in [9.17, 15) is 0 Å². The predicted octanol–water partition coefficient (Wildman–Crippen LogP) is 1.73. The summed E-state index contributed by atoms with van der Waals surface area (Å²) in [5.74, 6) is 2.24. The topological polar surface area (TPSA) is 39.0 Å². The smallest absolute Gasteiger partial charge is 0.215 e. The number of methoxy groups -OCH3 is 2. The van der Waals surface area contributed by atoms with Crippen molar-refractivity contribution in [3.05, 3.63) is 53.4 Å². The van der Waals surface area contributed by atoms with Gasteiger partial charge in [-0.3, -0.25) is 0 Å². The van der Waals surface area contributed by atoms with Crippen LogP contribution in [-0.4, -0.2) is 47.4 Å². The number of rotatable bonds is 3. The van der Waals surface area contributed by atoms with Crippen LogP contribution in [0.1, 0.15) is 5.56 Å². The number of piperazine rings is 1. The van der Waals surface area contributed by atoms with Crippen molar-refractivity contribution in [2.45, 2.75) is 6.92 Å². The number of fused-ring (bicyclic) bond motifs is 1. The van der Waals surface area contributed by atoms with Crippen molar-refractivity contribution >= 4 is 11.0 Å². The number of nitrogens with zero attached hydrogens (tertiary/aromatic N) is 1. The fourth-order valence-corrected chi connectivity index (χ4v) is 3.81. The third kappa shape index (κ3) is 3.50. The summed E-state index contributed by atoms with van der Waals surface area (Å²) >= 11 is 0. The molecule has 5 nitrogen and oxygen atoms in total. The molecule has 0 aliphatic carbocycles. The van der Waals surface area contributed by atoms with E-state index < -0.39 is 0 Å². The quantitative estimate of drug-likeness (QED) is 0.704. The third-order valence-electron chi connectivity index (χ3n) is 5.52. The Kier molecular flexibility index (Phi) is 5.09. The Morgan fingerprint density at radius 3 is 2.39 bits per heavy atom. The molecule has 1 aliphatic heterocycles. The van der Waals surface area contributed by atoms with E-state index in [0.29, 0.717) is 11.5 Å². The average Bonchev–Trinajstić information content (AvgIpc) is 2.73. The predicted molar refractivity (Wildman–Crippen MR) is 111 cm³/mol. The van der Waals surface area contributed by atoms with E-state index in [1.165, 1.54) is 16.3 Å². The average molecular weight is 380 g/mol. The van der Waals surface area contributed by atoms with Crippen LogP contribution in [0.3, 0.4) is 0 Å². The number of likely N-dealkylation sites (N-methyl/N-ethyl adjacent to an activating group) is 1. The molecule has 1 aromatic heterocycles. The van der Waals surface area contributed by atoms with Crippen molar-refractivity contribution in [3.63, 3.8) is 0 Å². The maximum absolute atomic E-state index is 6.30. The molecule has 0 atom stereocenters. The standard InChI is InChI=1S/C23H27N2O3/c1-16-5-7-20-18(13-16)19(25-11-9-24(2)10-12-25)15-22(28-20)17-6-8-21(26-3)23(14-17)27-4/h5-8,13-15H,9-12H2,1-4H3/q+1/p+1.